The van der Waals surface area contributed by atoms with Crippen molar-refractivity contribution in [1.82, 2.24) is 24.7 Å². The first-order valence-corrected chi connectivity index (χ1v) is 15.5. The van der Waals surface area contributed by atoms with E-state index in [4.69, 9.17) is 16.6 Å². The number of anilines is 1. The van der Waals surface area contributed by atoms with Crippen LogP contribution in [0.25, 0.3) is 33.4 Å². The smallest absolute Gasteiger partial charge is 0.251 e. The molecule has 2 fully saturated rings. The van der Waals surface area contributed by atoms with Crippen LogP contribution in [0.5, 0.6) is 0 Å². The number of hydrogen-bond acceptors (Lipinski definition) is 5. The Morgan fingerprint density at radius 1 is 0.929 bits per heavy atom. The van der Waals surface area contributed by atoms with Gasteiger partial charge in [0.05, 0.1) is 10.7 Å². The van der Waals surface area contributed by atoms with Gasteiger partial charge >= 0.3 is 0 Å². The van der Waals surface area contributed by atoms with Crippen LogP contribution in [-0.4, -0.2) is 83.7 Å². The van der Waals surface area contributed by atoms with E-state index >= 15 is 0 Å². The molecule has 0 aliphatic carbocycles. The number of hydrogen-bond donors (Lipinski definition) is 1. The monoisotopic (exact) mass is 584 g/mol. The Morgan fingerprint density at radius 3 is 2.33 bits per heavy atom. The van der Waals surface area contributed by atoms with E-state index in [1.165, 1.54) is 5.69 Å². The number of likely N-dealkylation sites (N-methyl/N-ethyl adjacent to an activating group) is 1. The van der Waals surface area contributed by atoms with Gasteiger partial charge in [-0.2, -0.15) is 0 Å². The van der Waals surface area contributed by atoms with Crippen molar-refractivity contribution in [2.75, 3.05) is 51.2 Å². The molecule has 2 aromatic carbocycles. The summed E-state index contributed by atoms with van der Waals surface area (Å²) < 4.78 is 2.12. The first-order chi connectivity index (χ1) is 20.3. The van der Waals surface area contributed by atoms with Crippen LogP contribution in [0.15, 0.2) is 60.8 Å². The van der Waals surface area contributed by atoms with Crippen LogP contribution in [0, 0.1) is 0 Å². The normalized spacial score (nSPS) is 17.3. The molecule has 220 valence electrons. The zero-order chi connectivity index (χ0) is 29.4. The third-order valence-corrected chi connectivity index (χ3v) is 9.35. The molecular weight excluding hydrogens is 544 g/mol. The van der Waals surface area contributed by atoms with Crippen molar-refractivity contribution in [3.63, 3.8) is 0 Å². The van der Waals surface area contributed by atoms with Gasteiger partial charge in [-0.15, -0.1) is 0 Å². The largest absolute Gasteiger partial charge is 0.369 e. The molecule has 0 atom stereocenters. The highest BCUT2D eigenvalue weighted by Gasteiger charge is 2.25. The molecular formula is C34H41ClN6O. The lowest BCUT2D eigenvalue weighted by atomic mass is 9.96. The molecule has 4 aromatic rings. The Morgan fingerprint density at radius 2 is 1.64 bits per heavy atom. The zero-order valence-corrected chi connectivity index (χ0v) is 25.9. The summed E-state index contributed by atoms with van der Waals surface area (Å²) in [6, 6.07) is 19.3. The molecule has 8 heteroatoms. The average molecular weight is 585 g/mol. The number of benzene rings is 2. The van der Waals surface area contributed by atoms with E-state index in [2.05, 4.69) is 75.8 Å². The summed E-state index contributed by atoms with van der Waals surface area (Å²) in [5.74, 6) is -0.0256. The fourth-order valence-electron chi connectivity index (χ4n) is 6.46. The van der Waals surface area contributed by atoms with E-state index < -0.39 is 0 Å². The fraction of sp³-hybridized carbons (Fsp3) is 0.412. The molecule has 2 saturated heterocycles. The van der Waals surface area contributed by atoms with Gasteiger partial charge in [0.2, 0.25) is 0 Å². The molecule has 0 spiro atoms. The van der Waals surface area contributed by atoms with Gasteiger partial charge in [0, 0.05) is 86.8 Å². The number of nitrogens with one attached hydrogen (secondary N) is 1. The van der Waals surface area contributed by atoms with Crippen LogP contribution >= 0.6 is 11.6 Å². The SMILES string of the molecule is CC(C)N1CCC(NC(=O)c2cccc(-c3c(-c4ccc(N5CCN(C)CC5)cc4)n(C)c4nccc(Cl)c34)c2)CC1. The van der Waals surface area contributed by atoms with Gasteiger partial charge in [-0.05, 0) is 75.2 Å². The van der Waals surface area contributed by atoms with Crippen LogP contribution in [0.3, 0.4) is 0 Å². The van der Waals surface area contributed by atoms with Crippen molar-refractivity contribution in [2.45, 2.75) is 38.8 Å². The minimum absolute atomic E-state index is 0.0256. The van der Waals surface area contributed by atoms with Gasteiger partial charge < -0.3 is 24.6 Å². The number of carbonyl (C=O) groups excluding carboxylic acids is 1. The predicted octanol–water partition coefficient (Wildman–Crippen LogP) is 5.92. The highest BCUT2D eigenvalue weighted by molar-refractivity contribution is 6.37. The number of carbonyl (C=O) groups is 1. The maximum Gasteiger partial charge on any atom is 0.251 e. The number of amides is 1. The number of fused-ring (bicyclic) bond motifs is 1. The zero-order valence-electron chi connectivity index (χ0n) is 25.1. The number of aryl methyl sites for hydroxylation is 1. The van der Waals surface area contributed by atoms with Gasteiger partial charge in [0.25, 0.3) is 5.91 Å². The van der Waals surface area contributed by atoms with Crippen molar-refractivity contribution in [3.8, 4) is 22.4 Å². The molecule has 2 aliphatic heterocycles. The van der Waals surface area contributed by atoms with Crippen LogP contribution in [0.2, 0.25) is 5.02 Å². The first kappa shape index (κ1) is 28.7. The van der Waals surface area contributed by atoms with E-state index in [1.54, 1.807) is 6.20 Å². The van der Waals surface area contributed by atoms with E-state index in [-0.39, 0.29) is 11.9 Å². The topological polar surface area (TPSA) is 56.6 Å². The van der Waals surface area contributed by atoms with Crippen LogP contribution in [0.1, 0.15) is 37.0 Å². The van der Waals surface area contributed by atoms with Crippen molar-refractivity contribution >= 4 is 34.2 Å². The number of piperidine rings is 1. The van der Waals surface area contributed by atoms with Gasteiger partial charge in [0.15, 0.2) is 0 Å². The van der Waals surface area contributed by atoms with Crippen molar-refractivity contribution in [2.24, 2.45) is 7.05 Å². The third-order valence-electron chi connectivity index (χ3n) is 9.04. The molecule has 6 rings (SSSR count). The molecule has 4 heterocycles. The average Bonchev–Trinajstić information content (AvgIpc) is 3.31. The number of piperazine rings is 1. The lowest BCUT2D eigenvalue weighted by molar-refractivity contribution is 0.0900. The molecule has 2 aromatic heterocycles. The summed E-state index contributed by atoms with van der Waals surface area (Å²) in [5.41, 5.74) is 6.80. The predicted molar refractivity (Wildman–Crippen MR) is 174 cm³/mol. The number of nitrogens with zero attached hydrogens (tertiary/aromatic N) is 5. The second kappa shape index (κ2) is 12.1. The molecule has 7 nitrogen and oxygen atoms in total. The Balaban J connectivity index is 1.33. The van der Waals surface area contributed by atoms with E-state index in [9.17, 15) is 4.79 Å². The van der Waals surface area contributed by atoms with Gasteiger partial charge in [0.1, 0.15) is 5.65 Å². The Hall–Kier alpha value is -3.39. The van der Waals surface area contributed by atoms with Crippen molar-refractivity contribution < 1.29 is 4.79 Å². The number of rotatable bonds is 6. The van der Waals surface area contributed by atoms with Crippen molar-refractivity contribution in [1.29, 1.82) is 0 Å². The third kappa shape index (κ3) is 5.65. The number of aromatic nitrogens is 2. The maximum atomic E-state index is 13.4. The van der Waals surface area contributed by atoms with Gasteiger partial charge in [-0.25, -0.2) is 4.98 Å². The first-order valence-electron chi connectivity index (χ1n) is 15.1. The maximum absolute atomic E-state index is 13.4. The summed E-state index contributed by atoms with van der Waals surface area (Å²) in [7, 11) is 4.22. The molecule has 42 heavy (non-hydrogen) atoms. The molecule has 0 bridgehead atoms. The minimum Gasteiger partial charge on any atom is -0.369 e. The van der Waals surface area contributed by atoms with Gasteiger partial charge in [-0.1, -0.05) is 35.9 Å². The fourth-order valence-corrected chi connectivity index (χ4v) is 6.70. The summed E-state index contributed by atoms with van der Waals surface area (Å²) >= 11 is 6.84. The Labute approximate surface area is 254 Å². The summed E-state index contributed by atoms with van der Waals surface area (Å²) in [6.07, 6.45) is 3.70. The summed E-state index contributed by atoms with van der Waals surface area (Å²) in [6.45, 7) is 10.7. The van der Waals surface area contributed by atoms with Crippen LogP contribution in [-0.2, 0) is 7.05 Å². The Kier molecular flexibility index (Phi) is 8.26. The van der Waals surface area contributed by atoms with Gasteiger partial charge in [-0.3, -0.25) is 4.79 Å². The summed E-state index contributed by atoms with van der Waals surface area (Å²) in [4.78, 5) is 25.4. The molecule has 0 unspecified atom stereocenters. The highest BCUT2D eigenvalue weighted by Crippen LogP contribution is 2.43. The van der Waals surface area contributed by atoms with E-state index in [0.29, 0.717) is 16.6 Å². The highest BCUT2D eigenvalue weighted by atomic mass is 35.5. The standard InChI is InChI=1S/C34H41ClN6O/c1-23(2)40-16-13-27(14-17-40)37-34(42)26-7-5-6-25(22-26)30-31-29(35)12-15-36-33(31)39(4)32(30)24-8-10-28(11-9-24)41-20-18-38(3)19-21-41/h5-12,15,22-23,27H,13-14,16-21H2,1-4H3,(H,37,42). The molecule has 1 N–H and O–H groups in total. The van der Waals surface area contributed by atoms with E-state index in [0.717, 1.165) is 85.5 Å². The molecule has 2 aliphatic rings. The van der Waals surface area contributed by atoms with Crippen molar-refractivity contribution in [3.05, 3.63) is 71.4 Å². The second-order valence-corrected chi connectivity index (χ2v) is 12.5. The Bertz CT molecular complexity index is 1560. The van der Waals surface area contributed by atoms with Crippen LogP contribution < -0.4 is 10.2 Å². The lowest BCUT2D eigenvalue weighted by Crippen LogP contribution is -2.46. The lowest BCUT2D eigenvalue weighted by Gasteiger charge is -2.34. The van der Waals surface area contributed by atoms with E-state index in [1.807, 2.05) is 31.3 Å². The summed E-state index contributed by atoms with van der Waals surface area (Å²) in [5, 5.41) is 4.85. The molecule has 0 saturated carbocycles. The molecule has 1 amide bonds. The quantitative estimate of drug-likeness (QED) is 0.305. The number of pyridine rings is 1. The molecule has 0 radical (unpaired) electrons. The number of likely N-dealkylation sites (tertiary alicyclic amines) is 1. The minimum atomic E-state index is -0.0256. The van der Waals surface area contributed by atoms with Crippen LogP contribution in [0.4, 0.5) is 5.69 Å². The number of halogens is 1. The second-order valence-electron chi connectivity index (χ2n) is 12.1.